The summed E-state index contributed by atoms with van der Waals surface area (Å²) in [4.78, 5) is 4.66. The van der Waals surface area contributed by atoms with Gasteiger partial charge in [-0.3, -0.25) is 4.21 Å². The first-order chi connectivity index (χ1) is 9.95. The highest BCUT2D eigenvalue weighted by Gasteiger charge is 2.21. The van der Waals surface area contributed by atoms with Crippen molar-refractivity contribution in [1.29, 1.82) is 0 Å². The molecule has 3 atom stereocenters. The molecule has 1 heterocycles. The second kappa shape index (κ2) is 6.79. The predicted molar refractivity (Wildman–Crippen MR) is 88.8 cm³/mol. The molecule has 0 N–H and O–H groups in total. The molecule has 0 aliphatic carbocycles. The van der Waals surface area contributed by atoms with Crippen molar-refractivity contribution in [3.8, 4) is 5.75 Å². The molecule has 4 nitrogen and oxygen atoms in total. The minimum atomic E-state index is -0.796. The number of benzene rings is 1. The van der Waals surface area contributed by atoms with Gasteiger partial charge in [0, 0.05) is 28.9 Å². The average molecular weight is 329 g/mol. The second-order valence-corrected chi connectivity index (χ2v) is 7.41. The molecular weight excluding hydrogens is 308 g/mol. The lowest BCUT2D eigenvalue weighted by atomic mass is 10.2. The zero-order valence-electron chi connectivity index (χ0n) is 12.8. The molecule has 0 fully saturated rings. The summed E-state index contributed by atoms with van der Waals surface area (Å²) in [6, 6.07) is 6.05. The topological polar surface area (TPSA) is 44.1 Å². The molecular formula is C15H21ClN2O2S. The Morgan fingerprint density at radius 2 is 2.14 bits per heavy atom. The van der Waals surface area contributed by atoms with E-state index in [2.05, 4.69) is 16.5 Å². The molecule has 0 aliphatic heterocycles. The summed E-state index contributed by atoms with van der Waals surface area (Å²) in [7, 11) is 0.844. The van der Waals surface area contributed by atoms with Crippen molar-refractivity contribution in [1.82, 2.24) is 9.55 Å². The van der Waals surface area contributed by atoms with Gasteiger partial charge in [0.15, 0.2) is 0 Å². The zero-order valence-corrected chi connectivity index (χ0v) is 14.4. The van der Waals surface area contributed by atoms with E-state index in [0.717, 1.165) is 29.0 Å². The van der Waals surface area contributed by atoms with Crippen LogP contribution in [0.5, 0.6) is 5.75 Å². The van der Waals surface area contributed by atoms with E-state index in [9.17, 15) is 4.21 Å². The van der Waals surface area contributed by atoms with Crippen molar-refractivity contribution in [2.75, 3.05) is 19.1 Å². The van der Waals surface area contributed by atoms with Crippen molar-refractivity contribution in [3.05, 3.63) is 24.0 Å². The smallest absolute Gasteiger partial charge is 0.146 e. The van der Waals surface area contributed by atoms with Gasteiger partial charge in [-0.15, -0.1) is 11.6 Å². The highest BCUT2D eigenvalue weighted by atomic mass is 35.5. The molecule has 0 saturated heterocycles. The van der Waals surface area contributed by atoms with Gasteiger partial charge in [-0.1, -0.05) is 6.07 Å². The normalized spacial score (nSPS) is 15.9. The van der Waals surface area contributed by atoms with Crippen LogP contribution >= 0.6 is 11.6 Å². The third-order valence-electron chi connectivity index (χ3n) is 3.55. The van der Waals surface area contributed by atoms with Gasteiger partial charge in [0.05, 0.1) is 18.0 Å². The number of methoxy groups -OCH3 is 1. The first kappa shape index (κ1) is 16.3. The fourth-order valence-corrected chi connectivity index (χ4v) is 3.31. The van der Waals surface area contributed by atoms with Crippen molar-refractivity contribution in [2.24, 2.45) is 0 Å². The largest absolute Gasteiger partial charge is 0.494 e. The summed E-state index contributed by atoms with van der Waals surface area (Å²) in [6.45, 7) is 4.02. The van der Waals surface area contributed by atoms with Gasteiger partial charge >= 0.3 is 0 Å². The lowest BCUT2D eigenvalue weighted by molar-refractivity contribution is 0.419. The quantitative estimate of drug-likeness (QED) is 0.760. The number of fused-ring (bicyclic) bond motifs is 1. The Kier molecular flexibility index (Phi) is 5.27. The Bertz CT molecular complexity index is 654. The van der Waals surface area contributed by atoms with Gasteiger partial charge in [0.25, 0.3) is 0 Å². The SMILES string of the molecule is COc1cccc2c1nc(C(C)Cl)n2C(C)CCS(C)=O. The van der Waals surface area contributed by atoms with Crippen LogP contribution in [0, 0.1) is 0 Å². The number of alkyl halides is 1. The van der Waals surface area contributed by atoms with E-state index < -0.39 is 10.8 Å². The van der Waals surface area contributed by atoms with Gasteiger partial charge in [0.1, 0.15) is 17.1 Å². The number of ether oxygens (including phenoxy) is 1. The summed E-state index contributed by atoms with van der Waals surface area (Å²) in [6.07, 6.45) is 2.55. The molecule has 1 aromatic heterocycles. The summed E-state index contributed by atoms with van der Waals surface area (Å²) >= 11 is 6.30. The predicted octanol–water partition coefficient (Wildman–Crippen LogP) is 3.67. The van der Waals surface area contributed by atoms with E-state index in [1.54, 1.807) is 13.4 Å². The monoisotopic (exact) mass is 328 g/mol. The Hall–Kier alpha value is -1.07. The van der Waals surface area contributed by atoms with Crippen molar-refractivity contribution in [3.63, 3.8) is 0 Å². The van der Waals surface area contributed by atoms with Crippen LogP contribution in [0.4, 0.5) is 0 Å². The fourth-order valence-electron chi connectivity index (χ4n) is 2.48. The van der Waals surface area contributed by atoms with Crippen molar-refractivity contribution < 1.29 is 8.95 Å². The lowest BCUT2D eigenvalue weighted by Crippen LogP contribution is -2.12. The Balaban J connectivity index is 2.53. The minimum absolute atomic E-state index is 0.183. The average Bonchev–Trinajstić information content (AvgIpc) is 2.84. The first-order valence-electron chi connectivity index (χ1n) is 6.94. The molecule has 6 heteroatoms. The maximum absolute atomic E-state index is 11.3. The third-order valence-corrected chi connectivity index (χ3v) is 4.56. The van der Waals surface area contributed by atoms with Crippen LogP contribution in [0.3, 0.4) is 0 Å². The number of halogens is 1. The van der Waals surface area contributed by atoms with Crippen LogP contribution in [0.2, 0.25) is 0 Å². The van der Waals surface area contributed by atoms with Crippen molar-refractivity contribution in [2.45, 2.75) is 31.7 Å². The molecule has 2 aromatic rings. The molecule has 2 rings (SSSR count). The van der Waals surface area contributed by atoms with Crippen LogP contribution in [0.25, 0.3) is 11.0 Å². The first-order valence-corrected chi connectivity index (χ1v) is 9.11. The molecule has 0 spiro atoms. The van der Waals surface area contributed by atoms with E-state index >= 15 is 0 Å². The molecule has 0 radical (unpaired) electrons. The van der Waals surface area contributed by atoms with E-state index in [0.29, 0.717) is 5.75 Å². The van der Waals surface area contributed by atoms with Gasteiger partial charge in [-0.25, -0.2) is 4.98 Å². The van der Waals surface area contributed by atoms with Crippen LogP contribution in [-0.4, -0.2) is 32.9 Å². The number of hydrogen-bond acceptors (Lipinski definition) is 3. The van der Waals surface area contributed by atoms with Crippen LogP contribution < -0.4 is 4.74 Å². The molecule has 1 aromatic carbocycles. The summed E-state index contributed by atoms with van der Waals surface area (Å²) in [5.74, 6) is 2.24. The van der Waals surface area contributed by atoms with E-state index in [4.69, 9.17) is 16.3 Å². The van der Waals surface area contributed by atoms with E-state index in [-0.39, 0.29) is 11.4 Å². The maximum Gasteiger partial charge on any atom is 0.146 e. The molecule has 116 valence electrons. The van der Waals surface area contributed by atoms with Crippen LogP contribution in [0.1, 0.15) is 37.5 Å². The van der Waals surface area contributed by atoms with Crippen LogP contribution in [-0.2, 0) is 10.8 Å². The Morgan fingerprint density at radius 3 is 2.71 bits per heavy atom. The standard InChI is InChI=1S/C15H21ClN2O2S/c1-10(8-9-21(4)19)18-12-6-5-7-13(20-3)14(12)17-15(18)11(2)16/h5-7,10-11H,8-9H2,1-4H3. The summed E-state index contributed by atoms with van der Waals surface area (Å²) < 4.78 is 18.9. The van der Waals surface area contributed by atoms with E-state index in [1.165, 1.54) is 0 Å². The molecule has 0 saturated carbocycles. The van der Waals surface area contributed by atoms with Gasteiger partial charge < -0.3 is 9.30 Å². The maximum atomic E-state index is 11.3. The van der Waals surface area contributed by atoms with E-state index in [1.807, 2.05) is 25.1 Å². The Morgan fingerprint density at radius 1 is 1.43 bits per heavy atom. The summed E-state index contributed by atoms with van der Waals surface area (Å²) in [5, 5.41) is -0.198. The van der Waals surface area contributed by atoms with Gasteiger partial charge in [-0.05, 0) is 32.4 Å². The molecule has 0 bridgehead atoms. The number of imidazole rings is 1. The molecule has 0 aliphatic rings. The molecule has 0 amide bonds. The van der Waals surface area contributed by atoms with Crippen molar-refractivity contribution >= 4 is 33.4 Å². The fraction of sp³-hybridized carbons (Fsp3) is 0.533. The third kappa shape index (κ3) is 3.40. The highest BCUT2D eigenvalue weighted by molar-refractivity contribution is 7.84. The van der Waals surface area contributed by atoms with Crippen LogP contribution in [0.15, 0.2) is 18.2 Å². The lowest BCUT2D eigenvalue weighted by Gasteiger charge is -2.18. The number of rotatable bonds is 6. The minimum Gasteiger partial charge on any atom is -0.494 e. The second-order valence-electron chi connectivity index (χ2n) is 5.20. The number of nitrogens with zero attached hydrogens (tertiary/aromatic N) is 2. The van der Waals surface area contributed by atoms with Gasteiger partial charge in [0.2, 0.25) is 0 Å². The molecule has 21 heavy (non-hydrogen) atoms. The highest BCUT2D eigenvalue weighted by Crippen LogP contribution is 2.33. The zero-order chi connectivity index (χ0) is 15.6. The van der Waals surface area contributed by atoms with Gasteiger partial charge in [-0.2, -0.15) is 0 Å². The summed E-state index contributed by atoms with van der Waals surface area (Å²) in [5.41, 5.74) is 1.83. The number of hydrogen-bond donors (Lipinski definition) is 0. The number of aromatic nitrogens is 2. The number of para-hydroxylation sites is 1. The Labute approximate surface area is 132 Å². The molecule has 3 unspecified atom stereocenters.